The van der Waals surface area contributed by atoms with Crippen LogP contribution in [0.5, 0.6) is 0 Å². The lowest BCUT2D eigenvalue weighted by molar-refractivity contribution is -0.131. The fourth-order valence-electron chi connectivity index (χ4n) is 4.52. The van der Waals surface area contributed by atoms with Crippen LogP contribution < -0.4 is 26.6 Å². The van der Waals surface area contributed by atoms with Gasteiger partial charge in [-0.25, -0.2) is 4.79 Å². The zero-order valence-electron chi connectivity index (χ0n) is 26.0. The first-order valence-electron chi connectivity index (χ1n) is 14.8. The van der Waals surface area contributed by atoms with Gasteiger partial charge >= 0.3 is 6.03 Å². The molecule has 0 aliphatic carbocycles. The Kier molecular flexibility index (Phi) is 13.3. The average molecular weight is 604 g/mol. The lowest BCUT2D eigenvalue weighted by Crippen LogP contribution is -2.52. The van der Waals surface area contributed by atoms with Gasteiger partial charge in [0.05, 0.1) is 19.3 Å². The molecule has 236 valence electrons. The first-order valence-corrected chi connectivity index (χ1v) is 14.8. The number of amides is 4. The highest BCUT2D eigenvalue weighted by Gasteiger charge is 2.26. The summed E-state index contributed by atoms with van der Waals surface area (Å²) in [6.45, 7) is 6.74. The van der Waals surface area contributed by atoms with E-state index in [1.54, 1.807) is 14.0 Å². The van der Waals surface area contributed by atoms with Crippen molar-refractivity contribution in [1.29, 1.82) is 0 Å². The minimum Gasteiger partial charge on any atom is -0.392 e. The molecule has 4 amide bonds. The number of β-amino-alcohol motifs (C(OH)–C–C–N with tert-alkyl or cyclic N) is 1. The van der Waals surface area contributed by atoms with E-state index in [4.69, 9.17) is 4.74 Å². The third kappa shape index (κ3) is 11.8. The molecule has 10 heteroatoms. The largest absolute Gasteiger partial charge is 0.392 e. The Labute approximate surface area is 260 Å². The van der Waals surface area contributed by atoms with Gasteiger partial charge in [0.15, 0.2) is 0 Å². The first kappa shape index (κ1) is 34.2. The van der Waals surface area contributed by atoms with Gasteiger partial charge in [0.25, 0.3) is 0 Å². The summed E-state index contributed by atoms with van der Waals surface area (Å²) >= 11 is 0. The summed E-state index contributed by atoms with van der Waals surface area (Å²) in [6.07, 6.45) is -0.430. The van der Waals surface area contributed by atoms with Crippen molar-refractivity contribution in [2.45, 2.75) is 64.6 Å². The van der Waals surface area contributed by atoms with Crippen LogP contribution in [-0.2, 0) is 34.0 Å². The van der Waals surface area contributed by atoms with Crippen LogP contribution >= 0.6 is 0 Å². The van der Waals surface area contributed by atoms with Crippen LogP contribution in [0.15, 0.2) is 78.9 Å². The van der Waals surface area contributed by atoms with Crippen molar-refractivity contribution in [2.24, 2.45) is 0 Å². The van der Waals surface area contributed by atoms with E-state index in [2.05, 4.69) is 26.6 Å². The molecule has 0 saturated heterocycles. The second kappa shape index (κ2) is 17.1. The molecule has 6 N–H and O–H groups in total. The van der Waals surface area contributed by atoms with Gasteiger partial charge in [0.2, 0.25) is 11.8 Å². The van der Waals surface area contributed by atoms with Crippen molar-refractivity contribution < 1.29 is 24.2 Å². The molecule has 0 unspecified atom stereocenters. The molecule has 0 aliphatic heterocycles. The molecule has 0 heterocycles. The van der Waals surface area contributed by atoms with E-state index >= 15 is 0 Å². The van der Waals surface area contributed by atoms with Crippen molar-refractivity contribution in [3.63, 3.8) is 0 Å². The standard InChI is InChI=1S/C34H45N5O5/c1-24(40)19-38-34(2,3)18-31(41)39-30(23-44-22-26-10-6-5-7-11-26)32(42)36-20-25-14-16-27(17-15-25)29-13-9-8-12-28(29)21-37-33(43)35-4/h5-17,24,30,38,40H,18-23H2,1-4H3,(H,36,42)(H,39,41)(H2,35,37,43)/t24-,30-/m1/s1. The number of ether oxygens (including phenoxy) is 1. The number of benzene rings is 3. The molecule has 44 heavy (non-hydrogen) atoms. The SMILES string of the molecule is CNC(=O)NCc1ccccc1-c1ccc(CNC(=O)[C@@H](COCc2ccccc2)NC(=O)CC(C)(C)NC[C@@H](C)O)cc1. The third-order valence-corrected chi connectivity index (χ3v) is 6.94. The molecular formula is C34H45N5O5. The summed E-state index contributed by atoms with van der Waals surface area (Å²) in [6, 6.07) is 24.2. The Bertz CT molecular complexity index is 1350. The molecule has 0 aromatic heterocycles. The number of aliphatic hydroxyl groups excluding tert-OH is 1. The van der Waals surface area contributed by atoms with E-state index in [0.717, 1.165) is 27.8 Å². The number of hydrogen-bond acceptors (Lipinski definition) is 6. The van der Waals surface area contributed by atoms with Crippen LogP contribution in [0.2, 0.25) is 0 Å². The van der Waals surface area contributed by atoms with Crippen LogP contribution in [0.25, 0.3) is 11.1 Å². The molecule has 3 aromatic carbocycles. The third-order valence-electron chi connectivity index (χ3n) is 6.94. The maximum absolute atomic E-state index is 13.3. The number of carbonyl (C=O) groups excluding carboxylic acids is 3. The van der Waals surface area contributed by atoms with Crippen molar-refractivity contribution in [3.05, 3.63) is 95.6 Å². The van der Waals surface area contributed by atoms with Gasteiger partial charge in [0.1, 0.15) is 6.04 Å². The summed E-state index contributed by atoms with van der Waals surface area (Å²) in [4.78, 5) is 37.9. The van der Waals surface area contributed by atoms with Crippen molar-refractivity contribution in [1.82, 2.24) is 26.6 Å². The van der Waals surface area contributed by atoms with Gasteiger partial charge in [-0.15, -0.1) is 0 Å². The number of nitrogens with one attached hydrogen (secondary N) is 5. The van der Waals surface area contributed by atoms with Crippen LogP contribution in [0.1, 0.15) is 43.9 Å². The lowest BCUT2D eigenvalue weighted by Gasteiger charge is -2.28. The number of hydrogen-bond donors (Lipinski definition) is 6. The molecule has 0 radical (unpaired) electrons. The van der Waals surface area contributed by atoms with E-state index in [1.807, 2.05) is 92.7 Å². The van der Waals surface area contributed by atoms with Gasteiger partial charge in [-0.05, 0) is 48.6 Å². The molecule has 10 nitrogen and oxygen atoms in total. The fourth-order valence-corrected chi connectivity index (χ4v) is 4.52. The summed E-state index contributed by atoms with van der Waals surface area (Å²) < 4.78 is 5.83. The van der Waals surface area contributed by atoms with Crippen molar-refractivity contribution in [2.75, 3.05) is 20.2 Å². The van der Waals surface area contributed by atoms with E-state index < -0.39 is 17.7 Å². The minimum absolute atomic E-state index is 0.00775. The van der Waals surface area contributed by atoms with Gasteiger partial charge < -0.3 is 36.4 Å². The number of rotatable bonds is 16. The second-order valence-corrected chi connectivity index (χ2v) is 11.4. The molecule has 3 rings (SSSR count). The van der Waals surface area contributed by atoms with Crippen molar-refractivity contribution in [3.8, 4) is 11.1 Å². The smallest absolute Gasteiger partial charge is 0.314 e. The normalized spacial score (nSPS) is 12.6. The van der Waals surface area contributed by atoms with Gasteiger partial charge in [-0.2, -0.15) is 0 Å². The zero-order chi connectivity index (χ0) is 32.0. The van der Waals surface area contributed by atoms with Crippen LogP contribution in [0.4, 0.5) is 4.79 Å². The Hall–Kier alpha value is -4.25. The van der Waals surface area contributed by atoms with E-state index in [1.165, 1.54) is 0 Å². The fraction of sp³-hybridized carbons (Fsp3) is 0.382. The molecule has 0 aliphatic rings. The zero-order valence-corrected chi connectivity index (χ0v) is 26.0. The Morgan fingerprint density at radius 2 is 1.55 bits per heavy atom. The maximum atomic E-state index is 13.3. The van der Waals surface area contributed by atoms with E-state index in [0.29, 0.717) is 19.7 Å². The number of aliphatic hydroxyl groups is 1. The second-order valence-electron chi connectivity index (χ2n) is 11.4. The summed E-state index contributed by atoms with van der Waals surface area (Å²) in [5.74, 6) is -0.652. The summed E-state index contributed by atoms with van der Waals surface area (Å²) in [5.41, 5.74) is 4.25. The topological polar surface area (TPSA) is 141 Å². The minimum atomic E-state index is -0.891. The summed E-state index contributed by atoms with van der Waals surface area (Å²) in [7, 11) is 1.58. The predicted molar refractivity (Wildman–Crippen MR) is 171 cm³/mol. The molecule has 0 saturated carbocycles. The number of urea groups is 1. The molecule has 0 bridgehead atoms. The Morgan fingerprint density at radius 1 is 0.864 bits per heavy atom. The van der Waals surface area contributed by atoms with Crippen LogP contribution in [-0.4, -0.2) is 60.8 Å². The highest BCUT2D eigenvalue weighted by molar-refractivity contribution is 5.88. The highest BCUT2D eigenvalue weighted by atomic mass is 16.5. The van der Waals surface area contributed by atoms with Crippen molar-refractivity contribution >= 4 is 17.8 Å². The highest BCUT2D eigenvalue weighted by Crippen LogP contribution is 2.24. The van der Waals surface area contributed by atoms with E-state index in [9.17, 15) is 19.5 Å². The first-order chi connectivity index (χ1) is 21.1. The van der Waals surface area contributed by atoms with Crippen LogP contribution in [0.3, 0.4) is 0 Å². The summed E-state index contributed by atoms with van der Waals surface area (Å²) in [5, 5.41) is 23.9. The van der Waals surface area contributed by atoms with Gasteiger partial charge in [0, 0.05) is 38.6 Å². The molecule has 3 aromatic rings. The molecule has 0 fully saturated rings. The predicted octanol–water partition coefficient (Wildman–Crippen LogP) is 3.24. The quantitative estimate of drug-likeness (QED) is 0.149. The Balaban J connectivity index is 1.63. The van der Waals surface area contributed by atoms with Gasteiger partial charge in [-0.1, -0.05) is 78.9 Å². The number of carbonyl (C=O) groups is 3. The van der Waals surface area contributed by atoms with Gasteiger partial charge in [-0.3, -0.25) is 9.59 Å². The lowest BCUT2D eigenvalue weighted by atomic mass is 9.98. The molecule has 2 atom stereocenters. The van der Waals surface area contributed by atoms with E-state index in [-0.39, 0.29) is 37.4 Å². The average Bonchev–Trinajstić information content (AvgIpc) is 3.01. The molecule has 0 spiro atoms. The molecular weight excluding hydrogens is 558 g/mol. The Morgan fingerprint density at radius 3 is 2.23 bits per heavy atom. The maximum Gasteiger partial charge on any atom is 0.314 e. The monoisotopic (exact) mass is 603 g/mol. The van der Waals surface area contributed by atoms with Crippen LogP contribution in [0, 0.1) is 0 Å².